The van der Waals surface area contributed by atoms with E-state index >= 15 is 0 Å². The molecule has 2 heterocycles. The second kappa shape index (κ2) is 10.1. The number of hydrogen-bond donors (Lipinski definition) is 1. The summed E-state index contributed by atoms with van der Waals surface area (Å²) in [7, 11) is 0. The minimum atomic E-state index is -0.450. The molecule has 1 aromatic heterocycles. The number of pyridine rings is 1. The normalized spacial score (nSPS) is 16.2. The maximum Gasteiger partial charge on any atom is 0.254 e. The van der Waals surface area contributed by atoms with Gasteiger partial charge in [-0.15, -0.1) is 11.8 Å². The van der Waals surface area contributed by atoms with Crippen LogP contribution in [0, 0.1) is 0 Å². The molecule has 1 aromatic carbocycles. The summed E-state index contributed by atoms with van der Waals surface area (Å²) >= 11 is 13.7. The topological polar surface area (TPSA) is 62.3 Å². The average molecular weight is 438 g/mol. The summed E-state index contributed by atoms with van der Waals surface area (Å²) in [6.45, 7) is 1.12. The number of rotatable bonds is 7. The molecule has 8 heteroatoms. The lowest BCUT2D eigenvalue weighted by atomic mass is 10.1. The lowest BCUT2D eigenvalue weighted by Gasteiger charge is -2.24. The molecule has 28 heavy (non-hydrogen) atoms. The average Bonchev–Trinajstić information content (AvgIpc) is 3.17. The SMILES string of the molecule is O=C(NCCCSc1ccccn1)C1CCCN1C(=O)c1cc(Cl)cc(Cl)c1. The fourth-order valence-corrected chi connectivity index (χ4v) is 4.47. The van der Waals surface area contributed by atoms with Crippen molar-refractivity contribution in [1.82, 2.24) is 15.2 Å². The molecule has 1 N–H and O–H groups in total. The fraction of sp³-hybridized carbons (Fsp3) is 0.350. The Morgan fingerprint density at radius 1 is 1.21 bits per heavy atom. The molecular formula is C20H21Cl2N3O2S. The Kier molecular flexibility index (Phi) is 7.59. The van der Waals surface area contributed by atoms with Gasteiger partial charge in [0.1, 0.15) is 6.04 Å². The molecule has 1 aliphatic heterocycles. The smallest absolute Gasteiger partial charge is 0.254 e. The van der Waals surface area contributed by atoms with E-state index in [1.165, 1.54) is 0 Å². The molecule has 0 aliphatic carbocycles. The van der Waals surface area contributed by atoms with Crippen LogP contribution in [0.1, 0.15) is 29.6 Å². The summed E-state index contributed by atoms with van der Waals surface area (Å²) in [4.78, 5) is 31.3. The highest BCUT2D eigenvalue weighted by molar-refractivity contribution is 7.99. The van der Waals surface area contributed by atoms with Gasteiger partial charge in [-0.05, 0) is 49.6 Å². The molecule has 1 saturated heterocycles. The van der Waals surface area contributed by atoms with Crippen molar-refractivity contribution >= 4 is 46.8 Å². The van der Waals surface area contributed by atoms with E-state index in [9.17, 15) is 9.59 Å². The number of carbonyl (C=O) groups excluding carboxylic acids is 2. The molecule has 0 radical (unpaired) electrons. The third-order valence-electron chi connectivity index (χ3n) is 4.43. The highest BCUT2D eigenvalue weighted by Gasteiger charge is 2.34. The van der Waals surface area contributed by atoms with Gasteiger partial charge in [-0.25, -0.2) is 4.98 Å². The van der Waals surface area contributed by atoms with Crippen LogP contribution in [0.25, 0.3) is 0 Å². The van der Waals surface area contributed by atoms with Crippen LogP contribution >= 0.6 is 35.0 Å². The Morgan fingerprint density at radius 3 is 2.71 bits per heavy atom. The lowest BCUT2D eigenvalue weighted by molar-refractivity contribution is -0.124. The predicted molar refractivity (Wildman–Crippen MR) is 113 cm³/mol. The maximum absolute atomic E-state index is 12.8. The van der Waals surface area contributed by atoms with Crippen LogP contribution in [0.5, 0.6) is 0 Å². The summed E-state index contributed by atoms with van der Waals surface area (Å²) in [6, 6.07) is 10.1. The van der Waals surface area contributed by atoms with Gasteiger partial charge in [-0.1, -0.05) is 29.3 Å². The van der Waals surface area contributed by atoms with Gasteiger partial charge in [0.05, 0.1) is 5.03 Å². The first-order valence-electron chi connectivity index (χ1n) is 9.13. The van der Waals surface area contributed by atoms with E-state index in [1.54, 1.807) is 41.1 Å². The Morgan fingerprint density at radius 2 is 2.00 bits per heavy atom. The van der Waals surface area contributed by atoms with Crippen molar-refractivity contribution in [2.45, 2.75) is 30.3 Å². The maximum atomic E-state index is 12.8. The van der Waals surface area contributed by atoms with Crippen molar-refractivity contribution in [1.29, 1.82) is 0 Å². The van der Waals surface area contributed by atoms with Crippen LogP contribution in [0.2, 0.25) is 10.0 Å². The number of hydrogen-bond acceptors (Lipinski definition) is 4. The van der Waals surface area contributed by atoms with Crippen molar-refractivity contribution < 1.29 is 9.59 Å². The van der Waals surface area contributed by atoms with Crippen molar-refractivity contribution in [2.75, 3.05) is 18.8 Å². The van der Waals surface area contributed by atoms with Crippen molar-refractivity contribution in [3.63, 3.8) is 0 Å². The first-order chi connectivity index (χ1) is 13.5. The molecule has 0 bridgehead atoms. The largest absolute Gasteiger partial charge is 0.354 e. The zero-order chi connectivity index (χ0) is 19.9. The predicted octanol–water partition coefficient (Wildman–Crippen LogP) is 4.29. The zero-order valence-corrected chi connectivity index (χ0v) is 17.6. The van der Waals surface area contributed by atoms with Crippen LogP contribution in [0.4, 0.5) is 0 Å². The molecule has 1 fully saturated rings. The Labute approximate surface area is 178 Å². The second-order valence-corrected chi connectivity index (χ2v) is 8.46. The number of amides is 2. The van der Waals surface area contributed by atoms with Crippen molar-refractivity contribution in [3.8, 4) is 0 Å². The van der Waals surface area contributed by atoms with E-state index in [1.807, 2.05) is 18.2 Å². The number of benzene rings is 1. The molecule has 1 atom stereocenters. The molecule has 148 valence electrons. The van der Waals surface area contributed by atoms with Gasteiger partial charge < -0.3 is 10.2 Å². The third kappa shape index (κ3) is 5.63. The molecular weight excluding hydrogens is 417 g/mol. The Hall–Kier alpha value is -1.76. The fourth-order valence-electron chi connectivity index (χ4n) is 3.14. The van der Waals surface area contributed by atoms with E-state index in [-0.39, 0.29) is 11.8 Å². The third-order valence-corrected chi connectivity index (χ3v) is 5.90. The van der Waals surface area contributed by atoms with Crippen LogP contribution < -0.4 is 5.32 Å². The quantitative estimate of drug-likeness (QED) is 0.518. The molecule has 0 saturated carbocycles. The highest BCUT2D eigenvalue weighted by atomic mass is 35.5. The van der Waals surface area contributed by atoms with Gasteiger partial charge in [-0.2, -0.15) is 0 Å². The monoisotopic (exact) mass is 437 g/mol. The summed E-state index contributed by atoms with van der Waals surface area (Å²) in [5, 5.41) is 4.73. The Balaban J connectivity index is 1.49. The summed E-state index contributed by atoms with van der Waals surface area (Å²) in [5.74, 6) is 0.542. The van der Waals surface area contributed by atoms with Gasteiger partial charge in [-0.3, -0.25) is 9.59 Å². The lowest BCUT2D eigenvalue weighted by Crippen LogP contribution is -2.46. The zero-order valence-electron chi connectivity index (χ0n) is 15.2. The van der Waals surface area contributed by atoms with Crippen LogP contribution in [0.3, 0.4) is 0 Å². The highest BCUT2D eigenvalue weighted by Crippen LogP contribution is 2.24. The van der Waals surface area contributed by atoms with E-state index in [0.717, 1.165) is 23.6 Å². The molecule has 2 amide bonds. The number of nitrogens with zero attached hydrogens (tertiary/aromatic N) is 2. The minimum Gasteiger partial charge on any atom is -0.354 e. The standard InChI is InChI=1S/C20H21Cl2N3O2S/c21-15-11-14(12-16(22)13-15)20(27)25-9-3-5-17(25)19(26)24-8-4-10-28-18-6-1-2-7-23-18/h1-2,6-7,11-13,17H,3-5,8-10H2,(H,24,26). The first-order valence-corrected chi connectivity index (χ1v) is 10.9. The molecule has 5 nitrogen and oxygen atoms in total. The van der Waals surface area contributed by atoms with Crippen molar-refractivity contribution in [2.24, 2.45) is 0 Å². The van der Waals surface area contributed by atoms with Crippen LogP contribution in [0.15, 0.2) is 47.6 Å². The van der Waals surface area contributed by atoms with E-state index in [4.69, 9.17) is 23.2 Å². The number of nitrogens with one attached hydrogen (secondary N) is 1. The minimum absolute atomic E-state index is 0.109. The van der Waals surface area contributed by atoms with Gasteiger partial charge >= 0.3 is 0 Å². The van der Waals surface area contributed by atoms with Crippen molar-refractivity contribution in [3.05, 3.63) is 58.2 Å². The van der Waals surface area contributed by atoms with Gasteiger partial charge in [0.2, 0.25) is 5.91 Å². The molecule has 2 aromatic rings. The summed E-state index contributed by atoms with van der Waals surface area (Å²) in [6.07, 6.45) is 4.06. The van der Waals surface area contributed by atoms with Crippen LogP contribution in [-0.4, -0.2) is 46.6 Å². The van der Waals surface area contributed by atoms with E-state index < -0.39 is 6.04 Å². The van der Waals surface area contributed by atoms with Gasteiger partial charge in [0.15, 0.2) is 0 Å². The number of halogens is 2. The summed E-state index contributed by atoms with van der Waals surface area (Å²) in [5.41, 5.74) is 0.406. The number of aromatic nitrogens is 1. The number of likely N-dealkylation sites (tertiary alicyclic amines) is 1. The Bertz CT molecular complexity index is 815. The van der Waals surface area contributed by atoms with E-state index in [2.05, 4.69) is 10.3 Å². The molecule has 3 rings (SSSR count). The van der Waals surface area contributed by atoms with E-state index in [0.29, 0.717) is 35.1 Å². The van der Waals surface area contributed by atoms with Gasteiger partial charge in [0, 0.05) is 40.6 Å². The summed E-state index contributed by atoms with van der Waals surface area (Å²) < 4.78 is 0. The number of carbonyl (C=O) groups is 2. The molecule has 1 unspecified atom stereocenters. The second-order valence-electron chi connectivity index (χ2n) is 6.48. The van der Waals surface area contributed by atoms with Crippen LogP contribution in [-0.2, 0) is 4.79 Å². The molecule has 0 spiro atoms. The van der Waals surface area contributed by atoms with Gasteiger partial charge in [0.25, 0.3) is 5.91 Å². The molecule has 1 aliphatic rings. The first kappa shape index (κ1) is 21.0. The number of thioether (sulfide) groups is 1.